The molecular formula is C8H2F12O. The molecule has 0 spiro atoms. The highest BCUT2D eigenvalue weighted by Crippen LogP contribution is 2.58. The molecule has 0 unspecified atom stereocenters. The largest absolute Gasteiger partial charge is 0.460 e. The van der Waals surface area contributed by atoms with Crippen LogP contribution in [0.4, 0.5) is 52.7 Å². The molecule has 0 amide bonds. The molecule has 0 rings (SSSR count). The Morgan fingerprint density at radius 3 is 1.33 bits per heavy atom. The first kappa shape index (κ1) is 19.6. The maximum Gasteiger partial charge on any atom is 0.460 e. The molecule has 13 heteroatoms. The van der Waals surface area contributed by atoms with Crippen molar-refractivity contribution in [2.45, 2.75) is 29.9 Å². The van der Waals surface area contributed by atoms with Crippen LogP contribution in [-0.4, -0.2) is 36.2 Å². The smallest absolute Gasteiger partial charge is 0.298 e. The van der Waals surface area contributed by atoms with Gasteiger partial charge in [-0.1, -0.05) is 0 Å². The van der Waals surface area contributed by atoms with E-state index >= 15 is 0 Å². The van der Waals surface area contributed by atoms with Crippen LogP contribution in [0.3, 0.4) is 0 Å². The number of rotatable bonds is 5. The van der Waals surface area contributed by atoms with Crippen molar-refractivity contribution in [2.75, 3.05) is 0 Å². The van der Waals surface area contributed by atoms with Crippen molar-refractivity contribution in [3.8, 4) is 0 Å². The fourth-order valence-corrected chi connectivity index (χ4v) is 0.887. The van der Waals surface area contributed by atoms with Gasteiger partial charge in [0.05, 0.1) is 0 Å². The van der Waals surface area contributed by atoms with Crippen LogP contribution < -0.4 is 0 Å². The normalized spacial score (nSPS) is 16.1. The van der Waals surface area contributed by atoms with Crippen molar-refractivity contribution in [3.63, 3.8) is 0 Å². The van der Waals surface area contributed by atoms with E-state index in [4.69, 9.17) is 0 Å². The molecule has 0 N–H and O–H groups in total. The van der Waals surface area contributed by atoms with Crippen LogP contribution in [0.15, 0.2) is 11.9 Å². The Labute approximate surface area is 107 Å². The number of hydrogen-bond donors (Lipinski definition) is 0. The van der Waals surface area contributed by atoms with Crippen LogP contribution in [0, 0.1) is 0 Å². The van der Waals surface area contributed by atoms with Gasteiger partial charge >= 0.3 is 29.9 Å². The van der Waals surface area contributed by atoms with Crippen molar-refractivity contribution in [3.05, 3.63) is 11.9 Å². The van der Waals surface area contributed by atoms with E-state index in [2.05, 4.69) is 0 Å². The van der Waals surface area contributed by atoms with E-state index in [1.54, 1.807) is 0 Å². The first-order chi connectivity index (χ1) is 8.98. The Balaban J connectivity index is 6.13. The van der Waals surface area contributed by atoms with Gasteiger partial charge in [0, 0.05) is 6.08 Å². The van der Waals surface area contributed by atoms with E-state index < -0.39 is 48.1 Å². The minimum atomic E-state index is -7.70. The summed E-state index contributed by atoms with van der Waals surface area (Å²) in [5.74, 6) is -33.2. The lowest BCUT2D eigenvalue weighted by Gasteiger charge is -2.36. The number of hydrogen-bond acceptors (Lipinski definition) is 1. The summed E-state index contributed by atoms with van der Waals surface area (Å²) in [4.78, 5) is 9.58. The van der Waals surface area contributed by atoms with Crippen LogP contribution in [0.2, 0.25) is 0 Å². The third-order valence-corrected chi connectivity index (χ3v) is 2.05. The average Bonchev–Trinajstić information content (AvgIpc) is 2.26. The maximum atomic E-state index is 12.7. The zero-order valence-corrected chi connectivity index (χ0v) is 9.10. The molecule has 0 saturated heterocycles. The summed E-state index contributed by atoms with van der Waals surface area (Å²) in [7, 11) is 0. The van der Waals surface area contributed by atoms with Gasteiger partial charge in [0.2, 0.25) is 0 Å². The number of alkyl halides is 11. The number of halogens is 12. The van der Waals surface area contributed by atoms with Crippen molar-refractivity contribution < 1.29 is 57.5 Å². The highest BCUT2D eigenvalue weighted by atomic mass is 19.4. The molecule has 0 heterocycles. The minimum absolute atomic E-state index is 0.931. The second-order valence-electron chi connectivity index (χ2n) is 3.45. The van der Waals surface area contributed by atoms with Crippen LogP contribution in [-0.2, 0) is 4.79 Å². The van der Waals surface area contributed by atoms with E-state index in [1.165, 1.54) is 0 Å². The molecule has 0 atom stereocenters. The molecule has 0 bridgehead atoms. The Morgan fingerprint density at radius 1 is 0.667 bits per heavy atom. The molecule has 0 aromatic rings. The molecule has 21 heavy (non-hydrogen) atoms. The molecule has 0 aromatic heterocycles. The van der Waals surface area contributed by atoms with E-state index in [0.29, 0.717) is 0 Å². The third-order valence-electron chi connectivity index (χ3n) is 2.05. The summed E-state index contributed by atoms with van der Waals surface area (Å²) in [6.07, 6.45) is -9.28. The molecular weight excluding hydrogens is 340 g/mol. The lowest BCUT2D eigenvalue weighted by Crippen LogP contribution is -2.66. The molecule has 0 saturated carbocycles. The summed E-state index contributed by atoms with van der Waals surface area (Å²) in [5, 5.41) is 0. The molecule has 0 radical (unpaired) electrons. The van der Waals surface area contributed by atoms with Gasteiger partial charge in [-0.15, -0.1) is 0 Å². The number of carbonyl (C=O) groups excluding carboxylic acids is 1. The van der Waals surface area contributed by atoms with Gasteiger partial charge in [-0.2, -0.15) is 48.3 Å². The molecule has 0 aliphatic rings. The highest BCUT2D eigenvalue weighted by molar-refractivity contribution is 5.66. The van der Waals surface area contributed by atoms with Gasteiger partial charge in [-0.05, 0) is 0 Å². The molecule has 0 aliphatic heterocycles. The second kappa shape index (κ2) is 5.09. The predicted octanol–water partition coefficient (Wildman–Crippen LogP) is 4.14. The van der Waals surface area contributed by atoms with Crippen LogP contribution in [0.25, 0.3) is 0 Å². The summed E-state index contributed by atoms with van der Waals surface area (Å²) in [6.45, 7) is 0. The van der Waals surface area contributed by atoms with Gasteiger partial charge in [0.15, 0.2) is 5.83 Å². The zero-order chi connectivity index (χ0) is 17.5. The van der Waals surface area contributed by atoms with Gasteiger partial charge in [0.25, 0.3) is 0 Å². The van der Waals surface area contributed by atoms with Crippen LogP contribution >= 0.6 is 0 Å². The Bertz CT molecular complexity index is 431. The van der Waals surface area contributed by atoms with E-state index in [0.717, 1.165) is 0 Å². The van der Waals surface area contributed by atoms with Crippen molar-refractivity contribution in [2.24, 2.45) is 0 Å². The Morgan fingerprint density at radius 2 is 1.05 bits per heavy atom. The predicted molar refractivity (Wildman–Crippen MR) is 41.1 cm³/mol. The fraction of sp³-hybridized carbons (Fsp3) is 0.625. The molecule has 0 aliphatic carbocycles. The summed E-state index contributed by atoms with van der Waals surface area (Å²) in [6, 6.07) is 0. The fourth-order valence-electron chi connectivity index (χ4n) is 0.887. The first-order valence-electron chi connectivity index (χ1n) is 4.38. The first-order valence-corrected chi connectivity index (χ1v) is 4.38. The number of allylic oxidation sites excluding steroid dienone is 2. The maximum absolute atomic E-state index is 12.7. The monoisotopic (exact) mass is 342 g/mol. The second-order valence-corrected chi connectivity index (χ2v) is 3.45. The summed E-state index contributed by atoms with van der Waals surface area (Å²) < 4.78 is 148. The standard InChI is InChI=1S/C8H2F12O/c9-3(1-2-21)4(10,11)5(12,13)6(14,15)7(16,17)8(18,19)20/h1-2H. The number of aldehydes is 1. The van der Waals surface area contributed by atoms with E-state index in [-0.39, 0.29) is 0 Å². The Hall–Kier alpha value is -1.43. The topological polar surface area (TPSA) is 17.1 Å². The highest BCUT2D eigenvalue weighted by Gasteiger charge is 2.87. The van der Waals surface area contributed by atoms with Gasteiger partial charge < -0.3 is 0 Å². The molecule has 0 fully saturated rings. The lowest BCUT2D eigenvalue weighted by atomic mass is 9.97. The van der Waals surface area contributed by atoms with Crippen LogP contribution in [0.5, 0.6) is 0 Å². The zero-order valence-electron chi connectivity index (χ0n) is 9.10. The van der Waals surface area contributed by atoms with Gasteiger partial charge in [-0.3, -0.25) is 4.79 Å². The van der Waals surface area contributed by atoms with Crippen molar-refractivity contribution in [1.29, 1.82) is 0 Å². The molecule has 124 valence electrons. The van der Waals surface area contributed by atoms with Crippen molar-refractivity contribution in [1.82, 2.24) is 0 Å². The Kier molecular flexibility index (Phi) is 4.74. The van der Waals surface area contributed by atoms with Crippen LogP contribution in [0.1, 0.15) is 0 Å². The summed E-state index contributed by atoms with van der Waals surface area (Å²) >= 11 is 0. The molecule has 1 nitrogen and oxygen atoms in total. The quantitative estimate of drug-likeness (QED) is 0.417. The average molecular weight is 342 g/mol. The molecule has 0 aromatic carbocycles. The van der Waals surface area contributed by atoms with Gasteiger partial charge in [0.1, 0.15) is 6.29 Å². The SMILES string of the molecule is O=CC=C(F)C(F)(F)C(F)(F)C(F)(F)C(F)(F)C(F)(F)F. The number of carbonyl (C=O) groups is 1. The minimum Gasteiger partial charge on any atom is -0.298 e. The van der Waals surface area contributed by atoms with Gasteiger partial charge in [-0.25, -0.2) is 4.39 Å². The van der Waals surface area contributed by atoms with E-state index in [1.807, 2.05) is 0 Å². The van der Waals surface area contributed by atoms with E-state index in [9.17, 15) is 57.5 Å². The third kappa shape index (κ3) is 2.69. The lowest BCUT2D eigenvalue weighted by molar-refractivity contribution is -0.419. The summed E-state index contributed by atoms with van der Waals surface area (Å²) in [5.41, 5.74) is 0. The van der Waals surface area contributed by atoms with Crippen molar-refractivity contribution >= 4 is 6.29 Å².